The van der Waals surface area contributed by atoms with Gasteiger partial charge in [0, 0.05) is 6.54 Å². The van der Waals surface area contributed by atoms with E-state index in [-0.39, 0.29) is 11.0 Å². The molecule has 5 heteroatoms. The van der Waals surface area contributed by atoms with E-state index < -0.39 is 0 Å². The van der Waals surface area contributed by atoms with Crippen molar-refractivity contribution in [3.05, 3.63) is 42.5 Å². The summed E-state index contributed by atoms with van der Waals surface area (Å²) in [5.74, 6) is 0.306. The summed E-state index contributed by atoms with van der Waals surface area (Å²) in [6.07, 6.45) is 4.90. The van der Waals surface area contributed by atoms with E-state index in [4.69, 9.17) is 17.0 Å². The van der Waals surface area contributed by atoms with E-state index in [9.17, 15) is 4.79 Å². The highest BCUT2D eigenvalue weighted by atomic mass is 32.1. The number of amides is 1. The molecule has 4 nitrogen and oxygen atoms in total. The molecule has 0 unspecified atom stereocenters. The number of unbranched alkanes of at least 4 members (excludes halogenated alkanes) is 2. The van der Waals surface area contributed by atoms with Crippen molar-refractivity contribution in [3.8, 4) is 5.75 Å². The maximum absolute atomic E-state index is 12.2. The standard InChI is InChI=1S/C16H22N2O2S/c1-3-5-8-12-20-14-10-7-6-9-13(14)15(19)18-16(21)17-11-4-2/h4,6-7,9-10H,2-3,5,8,11-12H2,1H3,(H2,17,18,19,21). The summed E-state index contributed by atoms with van der Waals surface area (Å²) in [4.78, 5) is 12.2. The third-order valence-electron chi connectivity index (χ3n) is 2.77. The predicted molar refractivity (Wildman–Crippen MR) is 89.7 cm³/mol. The Morgan fingerprint density at radius 3 is 2.86 bits per heavy atom. The molecule has 0 atom stereocenters. The Balaban J connectivity index is 2.62. The second kappa shape index (κ2) is 9.94. The highest BCUT2D eigenvalue weighted by Gasteiger charge is 2.13. The number of hydrogen-bond donors (Lipinski definition) is 2. The maximum atomic E-state index is 12.2. The van der Waals surface area contributed by atoms with Crippen LogP contribution < -0.4 is 15.4 Å². The Bertz CT molecular complexity index is 489. The van der Waals surface area contributed by atoms with Gasteiger partial charge < -0.3 is 10.1 Å². The summed E-state index contributed by atoms with van der Waals surface area (Å²) in [6, 6.07) is 7.16. The molecule has 114 valence electrons. The average molecular weight is 306 g/mol. The molecule has 1 amide bonds. The molecule has 0 saturated carbocycles. The smallest absolute Gasteiger partial charge is 0.261 e. The number of rotatable bonds is 8. The van der Waals surface area contributed by atoms with Crippen LogP contribution in [0.5, 0.6) is 5.75 Å². The fraction of sp³-hybridized carbons (Fsp3) is 0.375. The minimum atomic E-state index is -0.275. The zero-order valence-corrected chi connectivity index (χ0v) is 13.2. The SMILES string of the molecule is C=CCNC(=S)NC(=O)c1ccccc1OCCCCC. The molecule has 0 spiro atoms. The van der Waals surface area contributed by atoms with Gasteiger partial charge >= 0.3 is 0 Å². The van der Waals surface area contributed by atoms with Crippen molar-refractivity contribution in [2.45, 2.75) is 26.2 Å². The first-order valence-electron chi connectivity index (χ1n) is 7.11. The molecule has 21 heavy (non-hydrogen) atoms. The molecule has 0 aromatic heterocycles. The molecule has 0 aliphatic carbocycles. The van der Waals surface area contributed by atoms with Gasteiger partial charge in [-0.15, -0.1) is 6.58 Å². The van der Waals surface area contributed by atoms with Gasteiger partial charge in [0.25, 0.3) is 5.91 Å². The van der Waals surface area contributed by atoms with E-state index >= 15 is 0 Å². The quantitative estimate of drug-likeness (QED) is 0.440. The lowest BCUT2D eigenvalue weighted by atomic mass is 10.2. The molecule has 0 aliphatic heterocycles. The van der Waals surface area contributed by atoms with Crippen LogP contribution in [0.3, 0.4) is 0 Å². The number of thiocarbonyl (C=S) groups is 1. The summed E-state index contributed by atoms with van der Waals surface area (Å²) < 4.78 is 5.68. The van der Waals surface area contributed by atoms with Crippen molar-refractivity contribution in [1.82, 2.24) is 10.6 Å². The van der Waals surface area contributed by atoms with Crippen LogP contribution in [0.25, 0.3) is 0 Å². The maximum Gasteiger partial charge on any atom is 0.261 e. The zero-order valence-electron chi connectivity index (χ0n) is 12.4. The van der Waals surface area contributed by atoms with Gasteiger partial charge in [0.2, 0.25) is 0 Å². The molecule has 1 rings (SSSR count). The van der Waals surface area contributed by atoms with Crippen molar-refractivity contribution in [2.75, 3.05) is 13.2 Å². The lowest BCUT2D eigenvalue weighted by Crippen LogP contribution is -2.39. The van der Waals surface area contributed by atoms with Gasteiger partial charge in [0.1, 0.15) is 5.75 Å². The van der Waals surface area contributed by atoms with Crippen LogP contribution in [0.4, 0.5) is 0 Å². The van der Waals surface area contributed by atoms with Crippen LogP contribution >= 0.6 is 12.2 Å². The van der Waals surface area contributed by atoms with Crippen LogP contribution in [0.1, 0.15) is 36.5 Å². The van der Waals surface area contributed by atoms with Gasteiger partial charge in [-0.1, -0.05) is 38.0 Å². The monoisotopic (exact) mass is 306 g/mol. The number of nitrogens with one attached hydrogen (secondary N) is 2. The van der Waals surface area contributed by atoms with Gasteiger partial charge in [-0.2, -0.15) is 0 Å². The highest BCUT2D eigenvalue weighted by molar-refractivity contribution is 7.80. The Labute approximate surface area is 131 Å². The van der Waals surface area contributed by atoms with E-state index in [1.165, 1.54) is 0 Å². The topological polar surface area (TPSA) is 50.4 Å². The first-order valence-corrected chi connectivity index (χ1v) is 7.51. The Hall–Kier alpha value is -1.88. The molecule has 2 N–H and O–H groups in total. The highest BCUT2D eigenvalue weighted by Crippen LogP contribution is 2.18. The Morgan fingerprint density at radius 2 is 2.14 bits per heavy atom. The lowest BCUT2D eigenvalue weighted by Gasteiger charge is -2.12. The fourth-order valence-electron chi connectivity index (χ4n) is 1.69. The third-order valence-corrected chi connectivity index (χ3v) is 3.02. The van der Waals surface area contributed by atoms with E-state index in [0.717, 1.165) is 19.3 Å². The molecule has 0 fully saturated rings. The second-order valence-electron chi connectivity index (χ2n) is 4.50. The Morgan fingerprint density at radius 1 is 1.38 bits per heavy atom. The van der Waals surface area contributed by atoms with Crippen LogP contribution in [0.15, 0.2) is 36.9 Å². The van der Waals surface area contributed by atoms with Crippen LogP contribution in [0, 0.1) is 0 Å². The molecule has 0 bridgehead atoms. The van der Waals surface area contributed by atoms with E-state index in [2.05, 4.69) is 24.1 Å². The van der Waals surface area contributed by atoms with Gasteiger partial charge in [-0.25, -0.2) is 0 Å². The molecule has 0 saturated heterocycles. The first-order chi connectivity index (χ1) is 10.2. The number of carbonyl (C=O) groups is 1. The average Bonchev–Trinajstić information content (AvgIpc) is 2.50. The molecule has 1 aromatic rings. The molecular weight excluding hydrogens is 284 g/mol. The summed E-state index contributed by atoms with van der Waals surface area (Å²) in [5, 5.41) is 5.76. The molecule has 0 heterocycles. The van der Waals surface area contributed by atoms with Crippen molar-refractivity contribution in [3.63, 3.8) is 0 Å². The fourth-order valence-corrected chi connectivity index (χ4v) is 1.87. The first kappa shape index (κ1) is 17.2. The normalized spacial score (nSPS) is 9.76. The molecule has 0 aliphatic rings. The summed E-state index contributed by atoms with van der Waals surface area (Å²) in [6.45, 7) is 6.83. The minimum absolute atomic E-state index is 0.275. The van der Waals surface area contributed by atoms with Crippen molar-refractivity contribution in [1.29, 1.82) is 0 Å². The number of para-hydroxylation sites is 1. The Kier molecular flexibility index (Phi) is 8.12. The van der Waals surface area contributed by atoms with Crippen molar-refractivity contribution >= 4 is 23.2 Å². The van der Waals surface area contributed by atoms with Crippen LogP contribution in [0.2, 0.25) is 0 Å². The van der Waals surface area contributed by atoms with Crippen molar-refractivity contribution in [2.24, 2.45) is 0 Å². The van der Waals surface area contributed by atoms with Gasteiger partial charge in [-0.3, -0.25) is 10.1 Å². The number of hydrogen-bond acceptors (Lipinski definition) is 3. The van der Waals surface area contributed by atoms with E-state index in [0.29, 0.717) is 24.5 Å². The molecular formula is C16H22N2O2S. The molecule has 1 aromatic carbocycles. The number of ether oxygens (including phenoxy) is 1. The van der Waals surface area contributed by atoms with Gasteiger partial charge in [0.05, 0.1) is 12.2 Å². The van der Waals surface area contributed by atoms with E-state index in [1.54, 1.807) is 24.3 Å². The van der Waals surface area contributed by atoms with Crippen LogP contribution in [-0.4, -0.2) is 24.2 Å². The number of carbonyl (C=O) groups excluding carboxylic acids is 1. The van der Waals surface area contributed by atoms with Gasteiger partial charge in [-0.05, 0) is 30.8 Å². The third kappa shape index (κ3) is 6.40. The van der Waals surface area contributed by atoms with E-state index in [1.807, 2.05) is 6.07 Å². The zero-order chi connectivity index (χ0) is 15.5. The number of benzene rings is 1. The summed E-state index contributed by atoms with van der Waals surface area (Å²) in [5.41, 5.74) is 0.483. The summed E-state index contributed by atoms with van der Waals surface area (Å²) >= 11 is 5.03. The lowest BCUT2D eigenvalue weighted by molar-refractivity contribution is 0.0972. The second-order valence-corrected chi connectivity index (χ2v) is 4.91. The van der Waals surface area contributed by atoms with Gasteiger partial charge in [0.15, 0.2) is 5.11 Å². The van der Waals surface area contributed by atoms with Crippen LogP contribution in [-0.2, 0) is 0 Å². The largest absolute Gasteiger partial charge is 0.493 e. The predicted octanol–water partition coefficient (Wildman–Crippen LogP) is 3.05. The minimum Gasteiger partial charge on any atom is -0.493 e. The van der Waals surface area contributed by atoms with Crippen molar-refractivity contribution < 1.29 is 9.53 Å². The molecule has 0 radical (unpaired) electrons. The summed E-state index contributed by atoms with van der Waals surface area (Å²) in [7, 11) is 0.